The quantitative estimate of drug-likeness (QED) is 0.0221. The van der Waals surface area contributed by atoms with Crippen molar-refractivity contribution in [3.8, 4) is 0 Å². The molecule has 14 N–H and O–H groups in total. The Labute approximate surface area is 611 Å². The average Bonchev–Trinajstić information content (AvgIpc) is 0.975. The normalized spacial score (nSPS) is 15.2. The Hall–Kier alpha value is -9.91. The first-order valence-electron chi connectivity index (χ1n) is 35.3. The summed E-state index contributed by atoms with van der Waals surface area (Å²) in [6.45, 7) is 2.35. The third-order valence-electron chi connectivity index (χ3n) is 17.5. The van der Waals surface area contributed by atoms with Crippen molar-refractivity contribution >= 4 is 88.6 Å². The molecule has 1 aliphatic heterocycles. The number of amides is 7. The summed E-state index contributed by atoms with van der Waals surface area (Å²) in [5.41, 5.74) is 3.86. The molecule has 29 nitrogen and oxygen atoms in total. The molecule has 5 rings (SSSR count). The van der Waals surface area contributed by atoms with E-state index >= 15 is 0 Å². The first kappa shape index (κ1) is 84.7. The Balaban J connectivity index is 1.13. The van der Waals surface area contributed by atoms with Gasteiger partial charge in [-0.15, -0.1) is 0 Å². The van der Waals surface area contributed by atoms with Gasteiger partial charge in [0.1, 0.15) is 30.2 Å². The van der Waals surface area contributed by atoms with Crippen LogP contribution in [0.3, 0.4) is 0 Å². The zero-order chi connectivity index (χ0) is 75.8. The van der Waals surface area contributed by atoms with Crippen LogP contribution in [-0.2, 0) is 84.8 Å². The molecule has 0 aromatic heterocycles. The van der Waals surface area contributed by atoms with Crippen molar-refractivity contribution in [2.24, 2.45) is 0 Å². The van der Waals surface area contributed by atoms with Crippen molar-refractivity contribution < 1.29 is 88.2 Å². The number of thiocarbonyl (C=S) groups is 1. The number of benzene rings is 4. The Bertz CT molecular complexity index is 3430. The van der Waals surface area contributed by atoms with Gasteiger partial charge in [-0.25, -0.2) is 14.4 Å². The highest BCUT2D eigenvalue weighted by molar-refractivity contribution is 7.80. The van der Waals surface area contributed by atoms with Crippen LogP contribution in [0.4, 0.5) is 4.79 Å². The summed E-state index contributed by atoms with van der Waals surface area (Å²) in [6.07, 6.45) is 5.10. The van der Waals surface area contributed by atoms with E-state index in [1.807, 2.05) is 91.0 Å². The number of carboxylic acids is 6. The van der Waals surface area contributed by atoms with E-state index in [4.69, 9.17) is 17.3 Å². The number of nitrogens with one attached hydrogen (secondary N) is 8. The number of hydrogen-bond acceptors (Lipinski definition) is 16. The van der Waals surface area contributed by atoms with Crippen molar-refractivity contribution in [2.75, 3.05) is 65.4 Å². The number of hydrogen-bond donors (Lipinski definition) is 14. The first-order valence-corrected chi connectivity index (χ1v) is 35.7. The highest BCUT2D eigenvalue weighted by atomic mass is 32.1. The van der Waals surface area contributed by atoms with Crippen LogP contribution >= 0.6 is 12.2 Å². The van der Waals surface area contributed by atoms with Crippen LogP contribution in [0.15, 0.2) is 115 Å². The van der Waals surface area contributed by atoms with E-state index in [1.165, 1.54) is 0 Å². The fraction of sp³-hybridized carbons (Fsp3) is 0.500. The lowest BCUT2D eigenvalue weighted by atomic mass is 10.00. The van der Waals surface area contributed by atoms with Gasteiger partial charge in [-0.3, -0.25) is 57.9 Å². The second-order valence-electron chi connectivity index (χ2n) is 26.2. The third kappa shape index (κ3) is 34.8. The van der Waals surface area contributed by atoms with Gasteiger partial charge in [-0.1, -0.05) is 140 Å². The molecule has 0 radical (unpaired) electrons. The second kappa shape index (κ2) is 46.6. The van der Waals surface area contributed by atoms with Gasteiger partial charge in [0.05, 0.1) is 24.6 Å². The molecule has 4 aromatic carbocycles. The van der Waals surface area contributed by atoms with E-state index in [2.05, 4.69) is 42.5 Å². The lowest BCUT2D eigenvalue weighted by Crippen LogP contribution is -2.58. The van der Waals surface area contributed by atoms with Gasteiger partial charge in [0, 0.05) is 103 Å². The SMILES string of the molecule is C[C@H](CCC(=O)O)NC(=O)N[C@@H](CCCCNC(=O)CCCCCCC(=O)NC(CCCCNC(=O)C(Cc1ccccc1)NC(=O)C(Cc1ccccc1)NC(=O)C(Cc1ccccc1)NC(=S)Cc1ccc(CC2CN(CC(=O)O)CCN(CC(=O)O)CCN2CC(=O)O)cc1)C(=O)O)C(=O)O. The van der Waals surface area contributed by atoms with E-state index < -0.39 is 108 Å². The monoisotopic (exact) mass is 1460 g/mol. The van der Waals surface area contributed by atoms with E-state index in [9.17, 15) is 83.1 Å². The van der Waals surface area contributed by atoms with Gasteiger partial charge < -0.3 is 73.2 Å². The maximum Gasteiger partial charge on any atom is 0.326 e. The maximum atomic E-state index is 14.8. The van der Waals surface area contributed by atoms with Crippen molar-refractivity contribution in [3.05, 3.63) is 143 Å². The molecule has 30 heteroatoms. The van der Waals surface area contributed by atoms with Crippen LogP contribution < -0.4 is 42.5 Å². The highest BCUT2D eigenvalue weighted by Crippen LogP contribution is 2.18. The highest BCUT2D eigenvalue weighted by Gasteiger charge is 2.32. The Morgan fingerprint density at radius 3 is 1.38 bits per heavy atom. The molecule has 5 unspecified atom stereocenters. The molecule has 0 saturated carbocycles. The number of carbonyl (C=O) groups excluding carboxylic acids is 6. The van der Waals surface area contributed by atoms with Crippen LogP contribution in [0.1, 0.15) is 125 Å². The molecule has 1 saturated heterocycles. The van der Waals surface area contributed by atoms with Crippen LogP contribution in [0, 0.1) is 0 Å². The van der Waals surface area contributed by atoms with E-state index in [1.54, 1.807) is 45.9 Å². The van der Waals surface area contributed by atoms with Gasteiger partial charge in [-0.05, 0) is 98.9 Å². The summed E-state index contributed by atoms with van der Waals surface area (Å²) in [5.74, 6) is -9.02. The van der Waals surface area contributed by atoms with Crippen LogP contribution in [0.5, 0.6) is 0 Å². The molecule has 0 aliphatic carbocycles. The Morgan fingerprint density at radius 1 is 0.413 bits per heavy atom. The molecule has 7 amide bonds. The lowest BCUT2D eigenvalue weighted by Gasteiger charge is -2.33. The summed E-state index contributed by atoms with van der Waals surface area (Å²) in [4.78, 5) is 157. The molecule has 1 heterocycles. The van der Waals surface area contributed by atoms with Gasteiger partial charge in [-0.2, -0.15) is 0 Å². The average molecular weight is 1460 g/mol. The number of unbranched alkanes of at least 4 members (excludes halogenated alkanes) is 5. The summed E-state index contributed by atoms with van der Waals surface area (Å²) < 4.78 is 0. The third-order valence-corrected chi connectivity index (χ3v) is 17.8. The molecule has 0 spiro atoms. The molecule has 7 atom stereocenters. The largest absolute Gasteiger partial charge is 0.481 e. The molecule has 104 heavy (non-hydrogen) atoms. The van der Waals surface area contributed by atoms with Crippen LogP contribution in [-0.4, -0.2) is 229 Å². The van der Waals surface area contributed by atoms with E-state index in [0.29, 0.717) is 69.3 Å². The fourth-order valence-corrected chi connectivity index (χ4v) is 12.3. The first-order chi connectivity index (χ1) is 49.8. The minimum atomic E-state index is -1.22. The fourth-order valence-electron chi connectivity index (χ4n) is 12.0. The molecular weight excluding hydrogens is 1360 g/mol. The number of urea groups is 1. The molecule has 1 fully saturated rings. The zero-order valence-electron chi connectivity index (χ0n) is 58.8. The minimum absolute atomic E-state index is 0.0442. The van der Waals surface area contributed by atoms with Crippen molar-refractivity contribution in [3.63, 3.8) is 0 Å². The molecule has 0 bridgehead atoms. The smallest absolute Gasteiger partial charge is 0.326 e. The Kier molecular flexibility index (Phi) is 38.0. The van der Waals surface area contributed by atoms with Crippen LogP contribution in [0.2, 0.25) is 0 Å². The summed E-state index contributed by atoms with van der Waals surface area (Å²) in [7, 11) is 0. The maximum absolute atomic E-state index is 14.8. The summed E-state index contributed by atoms with van der Waals surface area (Å²) >= 11 is 5.92. The topological polar surface area (TPSA) is 432 Å². The van der Waals surface area contributed by atoms with Crippen molar-refractivity contribution in [1.82, 2.24) is 57.2 Å². The summed E-state index contributed by atoms with van der Waals surface area (Å²) in [5, 5.41) is 79.8. The molecular formula is C74H101N11O18S. The second-order valence-corrected chi connectivity index (χ2v) is 26.7. The molecule has 4 aromatic rings. The summed E-state index contributed by atoms with van der Waals surface area (Å²) in [6, 6.07) is 27.5. The lowest BCUT2D eigenvalue weighted by molar-refractivity contribution is -0.142. The predicted octanol–water partition coefficient (Wildman–Crippen LogP) is 3.79. The van der Waals surface area contributed by atoms with E-state index in [0.717, 1.165) is 27.8 Å². The van der Waals surface area contributed by atoms with Crippen LogP contribution in [0.25, 0.3) is 0 Å². The number of carbonyl (C=O) groups is 12. The number of rotatable bonds is 47. The van der Waals surface area contributed by atoms with Crippen molar-refractivity contribution in [2.45, 2.75) is 171 Å². The minimum Gasteiger partial charge on any atom is -0.481 e. The van der Waals surface area contributed by atoms with Gasteiger partial charge in [0.25, 0.3) is 0 Å². The number of nitrogens with zero attached hydrogens (tertiary/aromatic N) is 3. The number of carboxylic acid groups (broad SMARTS) is 6. The molecule has 1 aliphatic rings. The van der Waals surface area contributed by atoms with Gasteiger partial charge >= 0.3 is 41.8 Å². The molecule has 566 valence electrons. The van der Waals surface area contributed by atoms with Gasteiger partial charge in [0.15, 0.2) is 0 Å². The predicted molar refractivity (Wildman–Crippen MR) is 389 cm³/mol. The Morgan fingerprint density at radius 2 is 0.865 bits per heavy atom. The zero-order valence-corrected chi connectivity index (χ0v) is 59.7. The van der Waals surface area contributed by atoms with Gasteiger partial charge in [0.2, 0.25) is 29.5 Å². The van der Waals surface area contributed by atoms with E-state index in [-0.39, 0.29) is 129 Å². The number of aliphatic carboxylic acids is 6. The van der Waals surface area contributed by atoms with Crippen molar-refractivity contribution in [1.29, 1.82) is 0 Å². The standard InChI is InChI=1S/C74H101N11O18S/c1-50(29-34-65(88)89)77-74(103)82-58(73(101)102)26-15-17-35-75-62(86)27-13-2-3-14-28-63(87)78-57(72(99)100)25-16-18-36-76-69(96)59(42-51-19-7-4-8-20-51)80-71(98)61(44-53-23-11-6-12-24-53)81-70(97)60(43-52-21-9-5-10-22-52)79-64(104)45-55-32-30-54(31-33-55)41-56-46-84(48-67(92)93)38-37-83(47-66(90)91)39-40-85(56)49-68(94)95/h4-12,19-24,30-33,50,56-61H,2-3,13-18,25-29,34-49H2,1H3,(H,75,86)(H,76,96)(H,78,87)(H,79,104)(H,80,98)(H,81,97)(H,88,89)(H,90,91)(H,92,93)(H,94,95)(H,99,100)(H,101,102)(H2,77,82,103)/t50-,56?,57?,58+,59?,60?,61?/m1/s1.